The first-order chi connectivity index (χ1) is 13.7. The van der Waals surface area contributed by atoms with E-state index in [1.54, 1.807) is 26.0 Å². The maximum absolute atomic E-state index is 13.0. The second kappa shape index (κ2) is 10.0. The van der Waals surface area contributed by atoms with Crippen molar-refractivity contribution in [3.8, 4) is 11.5 Å². The Morgan fingerprint density at radius 1 is 1.24 bits per heavy atom. The Kier molecular flexibility index (Phi) is 7.72. The number of halogens is 2. The average molecular weight is 466 g/mol. The number of hydrogen-bond donors (Lipinski definition) is 3. The highest BCUT2D eigenvalue weighted by atomic mass is 79.9. The van der Waals surface area contributed by atoms with E-state index in [4.69, 9.17) is 4.74 Å². The van der Waals surface area contributed by atoms with Gasteiger partial charge in [-0.2, -0.15) is 5.10 Å². The van der Waals surface area contributed by atoms with Crippen LogP contribution in [-0.2, 0) is 4.79 Å². The fourth-order valence-corrected chi connectivity index (χ4v) is 2.90. The van der Waals surface area contributed by atoms with E-state index in [9.17, 15) is 19.1 Å². The van der Waals surface area contributed by atoms with Crippen molar-refractivity contribution in [1.29, 1.82) is 0 Å². The zero-order valence-electron chi connectivity index (χ0n) is 16.1. The first-order valence-electron chi connectivity index (χ1n) is 8.68. The number of hydrazone groups is 1. The van der Waals surface area contributed by atoms with Crippen molar-refractivity contribution in [2.75, 3.05) is 7.11 Å². The van der Waals surface area contributed by atoms with Gasteiger partial charge in [0.25, 0.3) is 11.8 Å². The lowest BCUT2D eigenvalue weighted by atomic mass is 10.0. The normalized spacial score (nSPS) is 12.1. The van der Waals surface area contributed by atoms with E-state index < -0.39 is 23.7 Å². The molecule has 0 fully saturated rings. The highest BCUT2D eigenvalue weighted by Gasteiger charge is 2.24. The Morgan fingerprint density at radius 2 is 1.90 bits per heavy atom. The molecule has 154 valence electrons. The first-order valence-corrected chi connectivity index (χ1v) is 9.48. The smallest absolute Gasteiger partial charge is 0.262 e. The molecule has 0 aliphatic rings. The number of ether oxygens (including phenoxy) is 1. The van der Waals surface area contributed by atoms with Crippen LogP contribution in [-0.4, -0.2) is 36.3 Å². The lowest BCUT2D eigenvalue weighted by molar-refractivity contribution is -0.123. The predicted molar refractivity (Wildman–Crippen MR) is 111 cm³/mol. The molecule has 2 aromatic carbocycles. The van der Waals surface area contributed by atoms with Crippen LogP contribution in [0.2, 0.25) is 0 Å². The van der Waals surface area contributed by atoms with Gasteiger partial charge in [-0.15, -0.1) is 0 Å². The number of phenolic OH excluding ortho intramolecular Hbond substituents is 1. The number of nitrogens with one attached hydrogen (secondary N) is 2. The molecule has 1 atom stereocenters. The van der Waals surface area contributed by atoms with E-state index in [0.717, 1.165) is 0 Å². The van der Waals surface area contributed by atoms with E-state index in [2.05, 4.69) is 31.8 Å². The molecule has 2 rings (SSSR count). The van der Waals surface area contributed by atoms with Gasteiger partial charge in [0.1, 0.15) is 11.9 Å². The molecule has 0 aliphatic carbocycles. The van der Waals surface area contributed by atoms with Gasteiger partial charge in [0.2, 0.25) is 0 Å². The summed E-state index contributed by atoms with van der Waals surface area (Å²) in [6.45, 7) is 3.54. The van der Waals surface area contributed by atoms with Crippen molar-refractivity contribution in [3.05, 3.63) is 57.8 Å². The van der Waals surface area contributed by atoms with E-state index >= 15 is 0 Å². The molecule has 0 aromatic heterocycles. The lowest BCUT2D eigenvalue weighted by Gasteiger charge is -2.20. The summed E-state index contributed by atoms with van der Waals surface area (Å²) in [6, 6.07) is 7.33. The van der Waals surface area contributed by atoms with Crippen LogP contribution in [0.25, 0.3) is 0 Å². The van der Waals surface area contributed by atoms with E-state index in [0.29, 0.717) is 10.0 Å². The van der Waals surface area contributed by atoms with Crippen molar-refractivity contribution >= 4 is 34.0 Å². The number of aromatic hydroxyl groups is 1. The van der Waals surface area contributed by atoms with Crippen LogP contribution in [0.4, 0.5) is 4.39 Å². The molecule has 0 saturated carbocycles. The molecule has 0 aliphatic heterocycles. The van der Waals surface area contributed by atoms with E-state index in [-0.39, 0.29) is 23.0 Å². The second-order valence-corrected chi connectivity index (χ2v) is 7.40. The maximum atomic E-state index is 13.0. The van der Waals surface area contributed by atoms with Gasteiger partial charge in [-0.3, -0.25) is 9.59 Å². The molecule has 3 N–H and O–H groups in total. The molecule has 0 bridgehead atoms. The summed E-state index contributed by atoms with van der Waals surface area (Å²) in [4.78, 5) is 24.8. The van der Waals surface area contributed by atoms with Crippen LogP contribution in [0.15, 0.2) is 46.0 Å². The maximum Gasteiger partial charge on any atom is 0.262 e. The highest BCUT2D eigenvalue weighted by Crippen LogP contribution is 2.32. The summed E-state index contributed by atoms with van der Waals surface area (Å²) in [5.41, 5.74) is 2.91. The van der Waals surface area contributed by atoms with Crippen LogP contribution in [0.1, 0.15) is 29.8 Å². The van der Waals surface area contributed by atoms with Crippen molar-refractivity contribution in [3.63, 3.8) is 0 Å². The summed E-state index contributed by atoms with van der Waals surface area (Å²) < 4.78 is 18.7. The molecular formula is C20H21BrFN3O4. The van der Waals surface area contributed by atoms with Gasteiger partial charge in [-0.25, -0.2) is 9.82 Å². The molecule has 0 spiro atoms. The average Bonchev–Trinajstić information content (AvgIpc) is 2.68. The van der Waals surface area contributed by atoms with E-state index in [1.165, 1.54) is 37.6 Å². The molecular weight excluding hydrogens is 445 g/mol. The molecule has 1 unspecified atom stereocenters. The van der Waals surface area contributed by atoms with Crippen LogP contribution < -0.4 is 15.5 Å². The highest BCUT2D eigenvalue weighted by molar-refractivity contribution is 9.10. The third-order valence-electron chi connectivity index (χ3n) is 4.01. The first kappa shape index (κ1) is 22.4. The van der Waals surface area contributed by atoms with Gasteiger partial charge >= 0.3 is 0 Å². The minimum atomic E-state index is -0.865. The Labute approximate surface area is 176 Å². The summed E-state index contributed by atoms with van der Waals surface area (Å²) >= 11 is 3.29. The van der Waals surface area contributed by atoms with Crippen molar-refractivity contribution in [2.24, 2.45) is 11.0 Å². The van der Waals surface area contributed by atoms with E-state index in [1.807, 2.05) is 0 Å². The number of carbonyl (C=O) groups is 2. The molecule has 7 nitrogen and oxygen atoms in total. The number of nitrogens with zero attached hydrogens (tertiary/aromatic N) is 1. The second-order valence-electron chi connectivity index (χ2n) is 6.48. The number of phenols is 1. The van der Waals surface area contributed by atoms with Crippen LogP contribution in [0.3, 0.4) is 0 Å². The molecule has 29 heavy (non-hydrogen) atoms. The Morgan fingerprint density at radius 3 is 2.48 bits per heavy atom. The fraction of sp³-hybridized carbons (Fsp3) is 0.250. The monoisotopic (exact) mass is 465 g/mol. The molecule has 0 radical (unpaired) electrons. The molecule has 9 heteroatoms. The zero-order chi connectivity index (χ0) is 21.6. The van der Waals surface area contributed by atoms with Gasteiger partial charge in [0.05, 0.1) is 13.3 Å². The fourth-order valence-electron chi connectivity index (χ4n) is 2.44. The zero-order valence-corrected chi connectivity index (χ0v) is 17.7. The largest absolute Gasteiger partial charge is 0.504 e. The minimum Gasteiger partial charge on any atom is -0.504 e. The van der Waals surface area contributed by atoms with Gasteiger partial charge < -0.3 is 15.2 Å². The number of hydrogen-bond acceptors (Lipinski definition) is 5. The molecule has 2 aromatic rings. The van der Waals surface area contributed by atoms with Crippen molar-refractivity contribution in [1.82, 2.24) is 10.7 Å². The van der Waals surface area contributed by atoms with Crippen molar-refractivity contribution < 1.29 is 23.8 Å². The predicted octanol–water partition coefficient (Wildman–Crippen LogP) is 3.21. The summed E-state index contributed by atoms with van der Waals surface area (Å²) in [5, 5.41) is 16.6. The minimum absolute atomic E-state index is 0.126. The van der Waals surface area contributed by atoms with Crippen LogP contribution >= 0.6 is 15.9 Å². The van der Waals surface area contributed by atoms with Crippen molar-refractivity contribution in [2.45, 2.75) is 19.9 Å². The third kappa shape index (κ3) is 6.02. The summed E-state index contributed by atoms with van der Waals surface area (Å²) in [5.74, 6) is -1.60. The van der Waals surface area contributed by atoms with Gasteiger partial charge in [0.15, 0.2) is 11.5 Å². The molecule has 0 heterocycles. The Hall–Kier alpha value is -2.94. The van der Waals surface area contributed by atoms with Crippen LogP contribution in [0.5, 0.6) is 11.5 Å². The van der Waals surface area contributed by atoms with Crippen LogP contribution in [0, 0.1) is 11.7 Å². The number of benzene rings is 2. The van der Waals surface area contributed by atoms with Gasteiger partial charge in [-0.1, -0.05) is 29.8 Å². The standard InChI is InChI=1S/C20H21BrFN3O4/c1-11(2)17(24-19(27)12-4-6-15(22)7-5-12)20(28)25-23-10-13-8-14(21)9-16(29-3)18(13)26/h4-11,17,26H,1-3H3,(H,24,27)(H,25,28)/b23-10+. The van der Waals surface area contributed by atoms with Gasteiger partial charge in [0, 0.05) is 15.6 Å². The number of carbonyl (C=O) groups excluding carboxylic acids is 2. The quantitative estimate of drug-likeness (QED) is 0.431. The number of rotatable bonds is 7. The number of methoxy groups -OCH3 is 1. The molecule has 0 saturated heterocycles. The Bertz CT molecular complexity index is 917. The lowest BCUT2D eigenvalue weighted by Crippen LogP contribution is -2.48. The summed E-state index contributed by atoms with van der Waals surface area (Å²) in [7, 11) is 1.42. The summed E-state index contributed by atoms with van der Waals surface area (Å²) in [6.07, 6.45) is 1.26. The third-order valence-corrected chi connectivity index (χ3v) is 4.47. The molecule has 2 amide bonds. The topological polar surface area (TPSA) is 100 Å². The number of amides is 2. The Balaban J connectivity index is 2.08. The SMILES string of the molecule is COc1cc(Br)cc(/C=N/NC(=O)C(NC(=O)c2ccc(F)cc2)C(C)C)c1O. The van der Waals surface area contributed by atoms with Gasteiger partial charge in [-0.05, 0) is 42.3 Å².